The zero-order valence-corrected chi connectivity index (χ0v) is 19.5. The molecule has 37 heavy (non-hydrogen) atoms. The summed E-state index contributed by atoms with van der Waals surface area (Å²) in [4.78, 5) is 29.1. The molecule has 0 atom stereocenters. The normalized spacial score (nSPS) is 13.9. The van der Waals surface area contributed by atoms with Crippen LogP contribution in [0.2, 0.25) is 0 Å². The first kappa shape index (κ1) is 22.9. The predicted molar refractivity (Wildman–Crippen MR) is 129 cm³/mol. The zero-order valence-electron chi connectivity index (χ0n) is 19.5. The predicted octanol–water partition coefficient (Wildman–Crippen LogP) is 4.94. The van der Waals surface area contributed by atoms with Crippen LogP contribution >= 0.6 is 0 Å². The number of nitrogens with zero attached hydrogens (tertiary/aromatic N) is 5. The molecule has 0 spiro atoms. The quantitative estimate of drug-likeness (QED) is 0.338. The molecule has 0 saturated heterocycles. The van der Waals surface area contributed by atoms with Gasteiger partial charge in [0.05, 0.1) is 0 Å². The Balaban J connectivity index is 1.20. The van der Waals surface area contributed by atoms with E-state index in [2.05, 4.69) is 35.5 Å². The second-order valence-corrected chi connectivity index (χ2v) is 8.97. The first-order valence-corrected chi connectivity index (χ1v) is 11.9. The molecule has 11 heteroatoms. The first-order valence-electron chi connectivity index (χ1n) is 11.9. The highest BCUT2D eigenvalue weighted by Crippen LogP contribution is 2.33. The maximum absolute atomic E-state index is 14.4. The molecule has 0 aliphatic heterocycles. The number of hydrogen-bond acceptors (Lipinski definition) is 7. The van der Waals surface area contributed by atoms with Crippen molar-refractivity contribution >= 4 is 17.1 Å². The van der Waals surface area contributed by atoms with Crippen LogP contribution in [0, 0.1) is 11.6 Å². The Bertz CT molecular complexity index is 1590. The van der Waals surface area contributed by atoms with Crippen LogP contribution in [-0.2, 0) is 6.54 Å². The molecule has 1 saturated carbocycles. The standard InChI is InChI=1S/C26H21F2N7O2/c27-18-7-5-16(6-8-18)25-34-35-26(37-25)17-9-14(10-19(28)11-17)12-29-24(36)21-20-23(31-13-30-21)33-22(32-20)15-3-1-2-4-15/h5-11,13,15H,1-4,12H2,(H,29,36)(H,30,31,32,33). The van der Waals surface area contributed by atoms with Crippen LogP contribution in [0.1, 0.15) is 53.5 Å². The molecule has 0 unspecified atom stereocenters. The van der Waals surface area contributed by atoms with Crippen molar-refractivity contribution in [1.82, 2.24) is 35.5 Å². The van der Waals surface area contributed by atoms with Crippen molar-refractivity contribution in [2.24, 2.45) is 0 Å². The van der Waals surface area contributed by atoms with Gasteiger partial charge < -0.3 is 14.7 Å². The van der Waals surface area contributed by atoms with E-state index in [9.17, 15) is 13.6 Å². The zero-order chi connectivity index (χ0) is 25.4. The van der Waals surface area contributed by atoms with Gasteiger partial charge >= 0.3 is 0 Å². The van der Waals surface area contributed by atoms with Crippen molar-refractivity contribution < 1.29 is 18.0 Å². The molecule has 3 aromatic heterocycles. The van der Waals surface area contributed by atoms with Gasteiger partial charge in [-0.2, -0.15) is 0 Å². The summed E-state index contributed by atoms with van der Waals surface area (Å²) in [7, 11) is 0. The van der Waals surface area contributed by atoms with E-state index in [0.29, 0.717) is 33.8 Å². The topological polar surface area (TPSA) is 122 Å². The lowest BCUT2D eigenvalue weighted by molar-refractivity contribution is 0.0947. The Morgan fingerprint density at radius 3 is 2.51 bits per heavy atom. The fourth-order valence-corrected chi connectivity index (χ4v) is 4.60. The molecule has 3 heterocycles. The van der Waals surface area contributed by atoms with Crippen molar-refractivity contribution in [3.63, 3.8) is 0 Å². The van der Waals surface area contributed by atoms with Crippen LogP contribution in [0.5, 0.6) is 0 Å². The summed E-state index contributed by atoms with van der Waals surface area (Å²) in [5.74, 6) is 0.100. The minimum absolute atomic E-state index is 0.0394. The Labute approximate surface area is 209 Å². The second kappa shape index (κ2) is 9.49. The van der Waals surface area contributed by atoms with Crippen molar-refractivity contribution in [2.45, 2.75) is 38.1 Å². The largest absolute Gasteiger partial charge is 0.416 e. The number of nitrogens with one attached hydrogen (secondary N) is 2. The van der Waals surface area contributed by atoms with E-state index >= 15 is 0 Å². The highest BCUT2D eigenvalue weighted by atomic mass is 19.1. The van der Waals surface area contributed by atoms with Crippen LogP contribution in [0.15, 0.2) is 53.2 Å². The van der Waals surface area contributed by atoms with Gasteiger partial charge in [-0.3, -0.25) is 4.79 Å². The number of aromatic amines is 1. The molecular weight excluding hydrogens is 480 g/mol. The van der Waals surface area contributed by atoms with Crippen molar-refractivity contribution in [3.05, 3.63) is 77.5 Å². The molecule has 2 aromatic carbocycles. The third-order valence-electron chi connectivity index (χ3n) is 6.44. The number of carbonyl (C=O) groups is 1. The van der Waals surface area contributed by atoms with Crippen LogP contribution in [0.4, 0.5) is 8.78 Å². The number of amides is 1. The van der Waals surface area contributed by atoms with E-state index in [1.165, 1.54) is 42.7 Å². The average Bonchev–Trinajstić information content (AvgIpc) is 3.67. The Morgan fingerprint density at radius 1 is 0.973 bits per heavy atom. The van der Waals surface area contributed by atoms with Gasteiger partial charge in [0.15, 0.2) is 11.3 Å². The van der Waals surface area contributed by atoms with E-state index in [4.69, 9.17) is 4.42 Å². The lowest BCUT2D eigenvalue weighted by Crippen LogP contribution is -2.24. The van der Waals surface area contributed by atoms with Gasteiger partial charge in [-0.25, -0.2) is 23.7 Å². The highest BCUT2D eigenvalue weighted by molar-refractivity contribution is 6.02. The van der Waals surface area contributed by atoms with Gasteiger partial charge in [-0.1, -0.05) is 12.8 Å². The molecule has 0 bridgehead atoms. The summed E-state index contributed by atoms with van der Waals surface area (Å²) < 4.78 is 33.3. The minimum atomic E-state index is -0.525. The molecule has 1 aliphatic rings. The molecular formula is C26H21F2N7O2. The molecule has 1 aliphatic carbocycles. The monoisotopic (exact) mass is 501 g/mol. The number of fused-ring (bicyclic) bond motifs is 1. The second-order valence-electron chi connectivity index (χ2n) is 8.97. The van der Waals surface area contributed by atoms with Gasteiger partial charge in [0.1, 0.15) is 29.3 Å². The minimum Gasteiger partial charge on any atom is -0.416 e. The highest BCUT2D eigenvalue weighted by Gasteiger charge is 2.23. The fraction of sp³-hybridized carbons (Fsp3) is 0.231. The number of hydrogen-bond donors (Lipinski definition) is 2. The number of rotatable bonds is 6. The lowest BCUT2D eigenvalue weighted by Gasteiger charge is -2.07. The lowest BCUT2D eigenvalue weighted by atomic mass is 10.1. The third kappa shape index (κ3) is 4.67. The third-order valence-corrected chi connectivity index (χ3v) is 6.44. The van der Waals surface area contributed by atoms with Crippen molar-refractivity contribution in [3.8, 4) is 22.9 Å². The molecule has 1 fully saturated rings. The molecule has 6 rings (SSSR count). The number of benzene rings is 2. The van der Waals surface area contributed by atoms with E-state index in [1.807, 2.05) is 0 Å². The van der Waals surface area contributed by atoms with Crippen molar-refractivity contribution in [1.29, 1.82) is 0 Å². The molecule has 0 radical (unpaired) electrons. The number of aromatic nitrogens is 6. The molecule has 5 aromatic rings. The smallest absolute Gasteiger partial charge is 0.272 e. The van der Waals surface area contributed by atoms with Gasteiger partial charge in [0.2, 0.25) is 11.8 Å². The van der Waals surface area contributed by atoms with Crippen molar-refractivity contribution in [2.75, 3.05) is 0 Å². The summed E-state index contributed by atoms with van der Waals surface area (Å²) in [6.07, 6.45) is 5.75. The number of H-pyrrole nitrogens is 1. The number of halogens is 2. The molecule has 2 N–H and O–H groups in total. The van der Waals surface area contributed by atoms with Crippen LogP contribution < -0.4 is 5.32 Å². The number of carbonyl (C=O) groups excluding carboxylic acids is 1. The summed E-state index contributed by atoms with van der Waals surface area (Å²) in [5.41, 5.74) is 2.49. The Morgan fingerprint density at radius 2 is 1.73 bits per heavy atom. The van der Waals surface area contributed by atoms with Gasteiger partial charge in [0.25, 0.3) is 5.91 Å². The summed E-state index contributed by atoms with van der Waals surface area (Å²) in [5, 5.41) is 10.7. The Hall–Kier alpha value is -4.54. The van der Waals surface area contributed by atoms with Gasteiger partial charge in [-0.15, -0.1) is 10.2 Å². The summed E-state index contributed by atoms with van der Waals surface area (Å²) >= 11 is 0. The molecule has 186 valence electrons. The van der Waals surface area contributed by atoms with E-state index in [0.717, 1.165) is 31.5 Å². The SMILES string of the molecule is O=C(NCc1cc(F)cc(-c2nnc(-c3ccc(F)cc3)o2)c1)c1ncnc2nc(C3CCCC3)[nH]c12. The maximum Gasteiger partial charge on any atom is 0.272 e. The Kier molecular flexibility index (Phi) is 5.87. The maximum atomic E-state index is 14.4. The van der Waals surface area contributed by atoms with Crippen LogP contribution in [-0.4, -0.2) is 36.0 Å². The molecule has 9 nitrogen and oxygen atoms in total. The summed E-state index contributed by atoms with van der Waals surface area (Å²) in [6, 6.07) is 9.81. The van der Waals surface area contributed by atoms with E-state index in [1.54, 1.807) is 6.07 Å². The first-order chi connectivity index (χ1) is 18.0. The fourth-order valence-electron chi connectivity index (χ4n) is 4.60. The average molecular weight is 501 g/mol. The van der Waals surface area contributed by atoms with E-state index < -0.39 is 11.7 Å². The molecule has 1 amide bonds. The van der Waals surface area contributed by atoms with Gasteiger partial charge in [0, 0.05) is 23.6 Å². The van der Waals surface area contributed by atoms with E-state index in [-0.39, 0.29) is 29.8 Å². The van der Waals surface area contributed by atoms with Crippen LogP contribution in [0.25, 0.3) is 34.1 Å². The van der Waals surface area contributed by atoms with Gasteiger partial charge in [-0.05, 0) is 60.9 Å². The number of imidazole rings is 1. The summed E-state index contributed by atoms with van der Waals surface area (Å²) in [6.45, 7) is 0.0394. The van der Waals surface area contributed by atoms with Crippen LogP contribution in [0.3, 0.4) is 0 Å².